The molecule has 6 heteroatoms. The van der Waals surface area contributed by atoms with Gasteiger partial charge in [0.25, 0.3) is 0 Å². The van der Waals surface area contributed by atoms with Gasteiger partial charge in [-0.05, 0) is 42.3 Å². The molecule has 0 unspecified atom stereocenters. The second kappa shape index (κ2) is 5.58. The number of benzene rings is 1. The molecule has 0 fully saturated rings. The summed E-state index contributed by atoms with van der Waals surface area (Å²) in [5.41, 5.74) is 1.01. The van der Waals surface area contributed by atoms with Crippen LogP contribution in [0.25, 0.3) is 10.2 Å². The third kappa shape index (κ3) is 2.99. The van der Waals surface area contributed by atoms with Crippen LogP contribution < -0.4 is 4.90 Å². The van der Waals surface area contributed by atoms with E-state index in [0.29, 0.717) is 6.54 Å². The van der Waals surface area contributed by atoms with Gasteiger partial charge in [-0.3, -0.25) is 0 Å². The van der Waals surface area contributed by atoms with Crippen molar-refractivity contribution in [2.75, 3.05) is 11.9 Å². The fourth-order valence-electron chi connectivity index (χ4n) is 2.23. The Hall–Kier alpha value is -1.72. The molecular formula is C15H13ClFN3S. The number of anilines is 1. The molecule has 1 aromatic carbocycles. The average molecular weight is 322 g/mol. The van der Waals surface area contributed by atoms with E-state index in [0.717, 1.165) is 26.5 Å². The lowest BCUT2D eigenvalue weighted by molar-refractivity contribution is 0.627. The van der Waals surface area contributed by atoms with E-state index in [-0.39, 0.29) is 11.1 Å². The van der Waals surface area contributed by atoms with Gasteiger partial charge in [0.05, 0.1) is 5.39 Å². The first kappa shape index (κ1) is 14.2. The minimum atomic E-state index is -0.234. The van der Waals surface area contributed by atoms with Crippen molar-refractivity contribution >= 4 is 39.0 Å². The molecule has 0 N–H and O–H groups in total. The predicted octanol–water partition coefficient (Wildman–Crippen LogP) is 4.43. The van der Waals surface area contributed by atoms with Gasteiger partial charge in [-0.2, -0.15) is 4.98 Å². The lowest BCUT2D eigenvalue weighted by atomic mass is 10.2. The maximum Gasteiger partial charge on any atom is 0.225 e. The van der Waals surface area contributed by atoms with E-state index in [9.17, 15) is 4.39 Å². The summed E-state index contributed by atoms with van der Waals surface area (Å²) in [5, 5.41) is 1.23. The van der Waals surface area contributed by atoms with Crippen LogP contribution >= 0.6 is 22.9 Å². The van der Waals surface area contributed by atoms with Crippen LogP contribution in [0, 0.1) is 12.7 Å². The third-order valence-electron chi connectivity index (χ3n) is 3.16. The quantitative estimate of drug-likeness (QED) is 0.668. The van der Waals surface area contributed by atoms with E-state index >= 15 is 0 Å². The van der Waals surface area contributed by atoms with Gasteiger partial charge in [0.2, 0.25) is 5.28 Å². The van der Waals surface area contributed by atoms with Crippen LogP contribution in [0.5, 0.6) is 0 Å². The lowest BCUT2D eigenvalue weighted by Crippen LogP contribution is -2.18. The summed E-state index contributed by atoms with van der Waals surface area (Å²) in [7, 11) is 1.94. The number of hydrogen-bond acceptors (Lipinski definition) is 4. The SMILES string of the molecule is Cc1cc2c(N(C)Cc3ccc(F)cc3)nc(Cl)nc2s1. The Morgan fingerprint density at radius 1 is 1.24 bits per heavy atom. The topological polar surface area (TPSA) is 29.0 Å². The maximum atomic E-state index is 13.0. The number of rotatable bonds is 3. The van der Waals surface area contributed by atoms with Crippen LogP contribution in [0.4, 0.5) is 10.2 Å². The van der Waals surface area contributed by atoms with Crippen molar-refractivity contribution in [3.8, 4) is 0 Å². The van der Waals surface area contributed by atoms with Gasteiger partial charge >= 0.3 is 0 Å². The first-order valence-corrected chi connectivity index (χ1v) is 7.61. The molecule has 2 aromatic heterocycles. The van der Waals surface area contributed by atoms with Crippen LogP contribution in [0.15, 0.2) is 30.3 Å². The van der Waals surface area contributed by atoms with Gasteiger partial charge in [0, 0.05) is 18.5 Å². The highest BCUT2D eigenvalue weighted by Crippen LogP contribution is 2.31. The number of aromatic nitrogens is 2. The first-order chi connectivity index (χ1) is 10.0. The first-order valence-electron chi connectivity index (χ1n) is 6.42. The Balaban J connectivity index is 1.97. The summed E-state index contributed by atoms with van der Waals surface area (Å²) in [5.74, 6) is 0.556. The van der Waals surface area contributed by atoms with E-state index in [1.54, 1.807) is 23.5 Å². The Bertz CT molecular complexity index is 785. The summed E-state index contributed by atoms with van der Waals surface area (Å²) in [4.78, 5) is 12.6. The van der Waals surface area contributed by atoms with Crippen molar-refractivity contribution in [2.24, 2.45) is 0 Å². The molecule has 0 atom stereocenters. The molecule has 0 aliphatic rings. The van der Waals surface area contributed by atoms with E-state index in [1.165, 1.54) is 12.1 Å². The number of nitrogens with zero attached hydrogens (tertiary/aromatic N) is 3. The molecule has 3 aromatic rings. The number of aryl methyl sites for hydroxylation is 1. The predicted molar refractivity (Wildman–Crippen MR) is 85.7 cm³/mol. The van der Waals surface area contributed by atoms with Crippen molar-refractivity contribution in [1.82, 2.24) is 9.97 Å². The van der Waals surface area contributed by atoms with Gasteiger partial charge in [-0.15, -0.1) is 11.3 Å². The highest BCUT2D eigenvalue weighted by atomic mass is 35.5. The third-order valence-corrected chi connectivity index (χ3v) is 4.28. The van der Waals surface area contributed by atoms with E-state index in [1.807, 2.05) is 18.9 Å². The smallest absolute Gasteiger partial charge is 0.225 e. The molecule has 0 aliphatic carbocycles. The maximum absolute atomic E-state index is 13.0. The van der Waals surface area contributed by atoms with Crippen LogP contribution in [-0.2, 0) is 6.54 Å². The molecule has 3 nitrogen and oxygen atoms in total. The van der Waals surface area contributed by atoms with Crippen LogP contribution in [0.1, 0.15) is 10.4 Å². The van der Waals surface area contributed by atoms with Crippen molar-refractivity contribution in [1.29, 1.82) is 0 Å². The highest BCUT2D eigenvalue weighted by molar-refractivity contribution is 7.18. The van der Waals surface area contributed by atoms with Crippen molar-refractivity contribution in [3.05, 3.63) is 51.9 Å². The Labute approximate surface area is 131 Å². The average Bonchev–Trinajstić information content (AvgIpc) is 2.80. The molecule has 2 heterocycles. The Morgan fingerprint density at radius 2 is 1.95 bits per heavy atom. The fourth-order valence-corrected chi connectivity index (χ4v) is 3.32. The summed E-state index contributed by atoms with van der Waals surface area (Å²) < 4.78 is 13.0. The van der Waals surface area contributed by atoms with E-state index in [4.69, 9.17) is 11.6 Å². The number of halogens is 2. The van der Waals surface area contributed by atoms with Gasteiger partial charge < -0.3 is 4.90 Å². The zero-order valence-electron chi connectivity index (χ0n) is 11.6. The Kier molecular flexibility index (Phi) is 3.78. The molecule has 3 rings (SSSR count). The minimum Gasteiger partial charge on any atom is -0.355 e. The molecule has 0 bridgehead atoms. The van der Waals surface area contributed by atoms with Gasteiger partial charge in [0.1, 0.15) is 16.5 Å². The molecule has 0 aliphatic heterocycles. The second-order valence-corrected chi connectivity index (χ2v) is 6.45. The van der Waals surface area contributed by atoms with Crippen LogP contribution in [0.3, 0.4) is 0 Å². The molecule has 21 heavy (non-hydrogen) atoms. The van der Waals surface area contributed by atoms with Crippen LogP contribution in [-0.4, -0.2) is 17.0 Å². The monoisotopic (exact) mass is 321 g/mol. The van der Waals surface area contributed by atoms with Gasteiger partial charge in [-0.1, -0.05) is 12.1 Å². The summed E-state index contributed by atoms with van der Waals surface area (Å²) in [6.07, 6.45) is 0. The van der Waals surface area contributed by atoms with E-state index < -0.39 is 0 Å². The molecular weight excluding hydrogens is 309 g/mol. The highest BCUT2D eigenvalue weighted by Gasteiger charge is 2.13. The Morgan fingerprint density at radius 3 is 2.67 bits per heavy atom. The molecule has 0 spiro atoms. The van der Waals surface area contributed by atoms with Crippen molar-refractivity contribution in [3.63, 3.8) is 0 Å². The second-order valence-electron chi connectivity index (χ2n) is 4.87. The molecule has 0 saturated carbocycles. The lowest BCUT2D eigenvalue weighted by Gasteiger charge is -2.19. The van der Waals surface area contributed by atoms with Crippen molar-refractivity contribution < 1.29 is 4.39 Å². The normalized spacial score (nSPS) is 11.0. The molecule has 0 saturated heterocycles. The minimum absolute atomic E-state index is 0.234. The summed E-state index contributed by atoms with van der Waals surface area (Å²) >= 11 is 7.60. The number of hydrogen-bond donors (Lipinski definition) is 0. The number of fused-ring (bicyclic) bond motifs is 1. The van der Waals surface area contributed by atoms with Crippen molar-refractivity contribution in [2.45, 2.75) is 13.5 Å². The zero-order valence-corrected chi connectivity index (χ0v) is 13.2. The number of thiophene rings is 1. The zero-order chi connectivity index (χ0) is 15.0. The van der Waals surface area contributed by atoms with Crippen LogP contribution in [0.2, 0.25) is 5.28 Å². The van der Waals surface area contributed by atoms with Gasteiger partial charge in [-0.25, -0.2) is 9.37 Å². The molecule has 0 amide bonds. The molecule has 108 valence electrons. The standard InChI is InChI=1S/C15H13ClFN3S/c1-9-7-12-13(18-15(16)19-14(12)21-9)20(2)8-10-3-5-11(17)6-4-10/h3-7H,8H2,1-2H3. The van der Waals surface area contributed by atoms with Gasteiger partial charge in [0.15, 0.2) is 0 Å². The summed E-state index contributed by atoms with van der Waals surface area (Å²) in [6.45, 7) is 2.65. The largest absolute Gasteiger partial charge is 0.355 e. The fraction of sp³-hybridized carbons (Fsp3) is 0.200. The molecule has 0 radical (unpaired) electrons. The van der Waals surface area contributed by atoms with E-state index in [2.05, 4.69) is 16.0 Å². The summed E-state index contributed by atoms with van der Waals surface area (Å²) in [6, 6.07) is 8.52.